The van der Waals surface area contributed by atoms with E-state index in [-0.39, 0.29) is 37.3 Å². The van der Waals surface area contributed by atoms with E-state index in [0.29, 0.717) is 12.8 Å². The van der Waals surface area contributed by atoms with Gasteiger partial charge >= 0.3 is 6.03 Å². The molecule has 12 heteroatoms. The van der Waals surface area contributed by atoms with Crippen LogP contribution in [0, 0.1) is 17.8 Å². The van der Waals surface area contributed by atoms with Crippen LogP contribution < -0.4 is 21.3 Å². The molecule has 1 saturated heterocycles. The second-order valence-corrected chi connectivity index (χ2v) is 14.0. The van der Waals surface area contributed by atoms with E-state index in [4.69, 9.17) is 23.2 Å². The van der Waals surface area contributed by atoms with Crippen LogP contribution in [0.2, 0.25) is 0 Å². The number of likely N-dealkylation sites (tertiary alicyclic amines) is 1. The van der Waals surface area contributed by atoms with Gasteiger partial charge in [0.25, 0.3) is 5.91 Å². The number of urea groups is 1. The number of carbonyl (C=O) groups excluding carboxylic acids is 5. The summed E-state index contributed by atoms with van der Waals surface area (Å²) < 4.78 is -1.20. The van der Waals surface area contributed by atoms with E-state index in [1.165, 1.54) is 4.90 Å². The lowest BCUT2D eigenvalue weighted by atomic mass is 9.83. The average Bonchev–Trinajstić information content (AvgIpc) is 3.24. The number of halogens is 2. The highest BCUT2D eigenvalue weighted by Crippen LogP contribution is 2.65. The Morgan fingerprint density at radius 2 is 1.64 bits per heavy atom. The highest BCUT2D eigenvalue weighted by Gasteiger charge is 2.74. The van der Waals surface area contributed by atoms with E-state index in [0.717, 1.165) is 32.1 Å². The van der Waals surface area contributed by atoms with Gasteiger partial charge in [0.05, 0.1) is 6.04 Å². The normalized spacial score (nSPS) is 24.4. The second-order valence-electron chi connectivity index (χ2n) is 12.6. The van der Waals surface area contributed by atoms with Gasteiger partial charge in [0.2, 0.25) is 17.6 Å². The predicted octanol–water partition coefficient (Wildman–Crippen LogP) is 3.38. The molecule has 234 valence electrons. The summed E-state index contributed by atoms with van der Waals surface area (Å²) >= 11 is 13.0. The highest BCUT2D eigenvalue weighted by atomic mass is 35.5. The summed E-state index contributed by atoms with van der Waals surface area (Å²) in [5.41, 5.74) is -0.510. The van der Waals surface area contributed by atoms with Crippen LogP contribution in [0.25, 0.3) is 0 Å². The fourth-order valence-corrected chi connectivity index (χ4v) is 6.85. The molecule has 0 spiro atoms. The van der Waals surface area contributed by atoms with Crippen molar-refractivity contribution < 1.29 is 24.0 Å². The van der Waals surface area contributed by atoms with Gasteiger partial charge in [-0.1, -0.05) is 31.4 Å². The average molecular weight is 627 g/mol. The van der Waals surface area contributed by atoms with Crippen LogP contribution in [0.15, 0.2) is 25.3 Å². The molecule has 3 rings (SSSR count). The van der Waals surface area contributed by atoms with Crippen molar-refractivity contribution in [1.29, 1.82) is 0 Å². The van der Waals surface area contributed by atoms with Gasteiger partial charge in [-0.3, -0.25) is 19.2 Å². The van der Waals surface area contributed by atoms with Crippen molar-refractivity contribution in [2.75, 3.05) is 13.1 Å². The predicted molar refractivity (Wildman–Crippen MR) is 163 cm³/mol. The summed E-state index contributed by atoms with van der Waals surface area (Å²) in [6.45, 7) is 13.2. The van der Waals surface area contributed by atoms with Gasteiger partial charge in [-0.25, -0.2) is 4.79 Å². The zero-order valence-corrected chi connectivity index (χ0v) is 26.4. The number of nitrogens with zero attached hydrogens (tertiary/aromatic N) is 1. The quantitative estimate of drug-likeness (QED) is 0.108. The van der Waals surface area contributed by atoms with Crippen molar-refractivity contribution in [3.63, 3.8) is 0 Å². The molecule has 3 fully saturated rings. The van der Waals surface area contributed by atoms with E-state index < -0.39 is 57.5 Å². The molecule has 0 bridgehead atoms. The van der Waals surface area contributed by atoms with E-state index in [2.05, 4.69) is 34.4 Å². The maximum absolute atomic E-state index is 14.1. The molecule has 5 atom stereocenters. The maximum Gasteiger partial charge on any atom is 0.315 e. The minimum atomic E-state index is -1.20. The molecule has 2 saturated carbocycles. The number of rotatable bonds is 13. The Morgan fingerprint density at radius 1 is 1.00 bits per heavy atom. The lowest BCUT2D eigenvalue weighted by molar-refractivity contribution is -0.144. The van der Waals surface area contributed by atoms with Gasteiger partial charge in [-0.15, -0.1) is 36.4 Å². The van der Waals surface area contributed by atoms with Gasteiger partial charge in [0, 0.05) is 30.5 Å². The molecule has 5 amide bonds. The molecule has 42 heavy (non-hydrogen) atoms. The minimum absolute atomic E-state index is 0.0875. The number of allylic oxidation sites excluding steroid dienone is 1. The first kappa shape index (κ1) is 33.9. The molecular formula is C30H45Cl2N5O5. The molecule has 1 aliphatic heterocycles. The molecule has 10 nitrogen and oxygen atoms in total. The van der Waals surface area contributed by atoms with Crippen molar-refractivity contribution >= 4 is 52.7 Å². The zero-order valence-electron chi connectivity index (χ0n) is 24.8. The fourth-order valence-electron chi connectivity index (χ4n) is 6.02. The summed E-state index contributed by atoms with van der Waals surface area (Å²) in [4.78, 5) is 67.8. The SMILES string of the molecule is C=CCCNC(=O)C(=O)C(CCC=C)NC(=O)C1C2C(CN1C(=O)C(NC(=O)NC(C)(C)C)C1CCCCC1)C2(Cl)Cl. The third-order valence-electron chi connectivity index (χ3n) is 8.20. The van der Waals surface area contributed by atoms with E-state index >= 15 is 0 Å². The highest BCUT2D eigenvalue weighted by molar-refractivity contribution is 6.51. The van der Waals surface area contributed by atoms with Crippen molar-refractivity contribution in [2.45, 2.75) is 100 Å². The van der Waals surface area contributed by atoms with Gasteiger partial charge in [-0.05, 0) is 58.8 Å². The Morgan fingerprint density at radius 3 is 2.24 bits per heavy atom. The fraction of sp³-hybridized carbons (Fsp3) is 0.700. The molecular weight excluding hydrogens is 581 g/mol. The number of carbonyl (C=O) groups is 5. The number of alkyl halides is 2. The van der Waals surface area contributed by atoms with Crippen LogP contribution >= 0.6 is 23.2 Å². The molecule has 0 aromatic heterocycles. The topological polar surface area (TPSA) is 137 Å². The number of Topliss-reactive ketones (excluding diaryl/α,β-unsaturated/α-hetero) is 1. The van der Waals surface area contributed by atoms with E-state index in [9.17, 15) is 24.0 Å². The van der Waals surface area contributed by atoms with Crippen LogP contribution in [0.3, 0.4) is 0 Å². The van der Waals surface area contributed by atoms with Crippen LogP contribution in [0.5, 0.6) is 0 Å². The van der Waals surface area contributed by atoms with Gasteiger partial charge in [0.1, 0.15) is 16.4 Å². The Balaban J connectivity index is 1.83. The van der Waals surface area contributed by atoms with E-state index in [1.54, 1.807) is 12.2 Å². The largest absolute Gasteiger partial charge is 0.349 e. The lowest BCUT2D eigenvalue weighted by Gasteiger charge is -2.37. The summed E-state index contributed by atoms with van der Waals surface area (Å²) in [6.07, 6.45) is 8.74. The zero-order chi connectivity index (χ0) is 31.2. The molecule has 2 aliphatic carbocycles. The summed E-state index contributed by atoms with van der Waals surface area (Å²) in [5.74, 6) is -3.56. The summed E-state index contributed by atoms with van der Waals surface area (Å²) in [6, 6.07) is -3.48. The Labute approximate surface area is 258 Å². The minimum Gasteiger partial charge on any atom is -0.349 e. The number of nitrogens with one attached hydrogen (secondary N) is 4. The Hall–Kier alpha value is -2.59. The maximum atomic E-state index is 14.1. The van der Waals surface area contributed by atoms with E-state index in [1.807, 2.05) is 20.8 Å². The van der Waals surface area contributed by atoms with Crippen molar-refractivity contribution in [3.8, 4) is 0 Å². The molecule has 0 aromatic rings. The molecule has 0 aromatic carbocycles. The number of amides is 5. The van der Waals surface area contributed by atoms with Crippen molar-refractivity contribution in [2.24, 2.45) is 17.8 Å². The van der Waals surface area contributed by atoms with Crippen LogP contribution in [-0.2, 0) is 19.2 Å². The Bertz CT molecular complexity index is 1070. The van der Waals surface area contributed by atoms with Crippen LogP contribution in [0.4, 0.5) is 4.79 Å². The summed E-state index contributed by atoms with van der Waals surface area (Å²) in [5, 5.41) is 11.0. The number of ketones is 1. The lowest BCUT2D eigenvalue weighted by Crippen LogP contribution is -2.61. The monoisotopic (exact) mass is 625 g/mol. The van der Waals surface area contributed by atoms with Crippen molar-refractivity contribution in [1.82, 2.24) is 26.2 Å². The van der Waals surface area contributed by atoms with Crippen LogP contribution in [-0.4, -0.2) is 75.5 Å². The third kappa shape index (κ3) is 8.28. The van der Waals surface area contributed by atoms with Gasteiger partial charge in [0.15, 0.2) is 0 Å². The van der Waals surface area contributed by atoms with Gasteiger partial charge < -0.3 is 26.2 Å². The molecule has 1 heterocycles. The molecule has 4 N–H and O–H groups in total. The first-order chi connectivity index (χ1) is 19.7. The number of hydrogen-bond acceptors (Lipinski definition) is 5. The van der Waals surface area contributed by atoms with Gasteiger partial charge in [-0.2, -0.15) is 0 Å². The molecule has 5 unspecified atom stereocenters. The molecule has 0 radical (unpaired) electrons. The second kappa shape index (κ2) is 14.3. The smallest absolute Gasteiger partial charge is 0.315 e. The first-order valence-electron chi connectivity index (χ1n) is 14.8. The van der Waals surface area contributed by atoms with Crippen molar-refractivity contribution in [3.05, 3.63) is 25.3 Å². The number of piperidine rings is 1. The number of fused-ring (bicyclic) bond motifs is 1. The Kier molecular flexibility index (Phi) is 11.5. The standard InChI is InChI=1S/C30H45Cl2N5O5/c1-6-8-15-20(24(38)26(40)33-16-9-7-2)34-25(39)23-21-19(30(21,31)32)17-37(23)27(41)22(18-13-11-10-12-14-18)35-28(42)36-29(3,4)5/h6-7,18-23H,1-2,8-17H2,3-5H3,(H,33,40)(H,34,39)(H2,35,36,42). The summed E-state index contributed by atoms with van der Waals surface area (Å²) in [7, 11) is 0. The number of hydrogen-bond donors (Lipinski definition) is 4. The van der Waals surface area contributed by atoms with Crippen LogP contribution in [0.1, 0.15) is 72.1 Å². The molecule has 3 aliphatic rings. The third-order valence-corrected chi connectivity index (χ3v) is 9.26. The first-order valence-corrected chi connectivity index (χ1v) is 15.6.